The van der Waals surface area contributed by atoms with Gasteiger partial charge in [-0.25, -0.2) is 0 Å². The third-order valence-corrected chi connectivity index (χ3v) is 7.22. The van der Waals surface area contributed by atoms with Crippen LogP contribution in [0.4, 0.5) is 0 Å². The van der Waals surface area contributed by atoms with Gasteiger partial charge in [0.25, 0.3) is 0 Å². The zero-order chi connectivity index (χ0) is 31.0. The minimum absolute atomic E-state index is 0.0313. The average Bonchev–Trinajstić information content (AvgIpc) is 3.07. The second-order valence-corrected chi connectivity index (χ2v) is 11.1. The van der Waals surface area contributed by atoms with E-state index < -0.39 is 29.7 Å². The van der Waals surface area contributed by atoms with Crippen molar-refractivity contribution >= 4 is 23.6 Å². The van der Waals surface area contributed by atoms with Crippen LogP contribution in [-0.2, 0) is 38.6 Å². The lowest BCUT2D eigenvalue weighted by Crippen LogP contribution is -2.50. The first-order valence-electron chi connectivity index (χ1n) is 14.9. The minimum Gasteiger partial charge on any atom is -0.492 e. The molecule has 0 saturated carbocycles. The first-order chi connectivity index (χ1) is 20.7. The van der Waals surface area contributed by atoms with Crippen molar-refractivity contribution in [1.29, 1.82) is 0 Å². The van der Waals surface area contributed by atoms with Gasteiger partial charge in [-0.05, 0) is 62.7 Å². The van der Waals surface area contributed by atoms with Crippen molar-refractivity contribution in [3.05, 3.63) is 78.1 Å². The summed E-state index contributed by atoms with van der Waals surface area (Å²) in [4.78, 5) is 52.6. The van der Waals surface area contributed by atoms with Crippen molar-refractivity contribution in [2.75, 3.05) is 33.8 Å². The fourth-order valence-corrected chi connectivity index (χ4v) is 4.78. The fourth-order valence-electron chi connectivity index (χ4n) is 4.78. The Labute approximate surface area is 253 Å². The van der Waals surface area contributed by atoms with Crippen LogP contribution >= 0.6 is 0 Å². The van der Waals surface area contributed by atoms with E-state index >= 15 is 0 Å². The number of amides is 2. The second kappa shape index (κ2) is 17.7. The molecule has 0 radical (unpaired) electrons. The SMILES string of the molecule is CN(C)CCOc1ccc(CCC[C@H](CC(=O)O)C(=O)NC2Cc3ccccccn(c3)CCC(=O)CCNC2=O)cc1. The first kappa shape index (κ1) is 33.3. The zero-order valence-corrected chi connectivity index (χ0v) is 25.2. The predicted octanol–water partition coefficient (Wildman–Crippen LogP) is 3.17. The van der Waals surface area contributed by atoms with Crippen LogP contribution in [0.1, 0.15) is 43.2 Å². The van der Waals surface area contributed by atoms with Crippen LogP contribution in [0.3, 0.4) is 0 Å². The quantitative estimate of drug-likeness (QED) is 0.345. The summed E-state index contributed by atoms with van der Waals surface area (Å²) in [6.45, 7) is 2.08. The highest BCUT2D eigenvalue weighted by atomic mass is 16.5. The van der Waals surface area contributed by atoms with Gasteiger partial charge in [0.15, 0.2) is 0 Å². The summed E-state index contributed by atoms with van der Waals surface area (Å²) in [6.07, 6.45) is 5.80. The Balaban J connectivity index is 1.69. The van der Waals surface area contributed by atoms with Crippen LogP contribution in [0.15, 0.2) is 67.0 Å². The number of aromatic nitrogens is 1. The van der Waals surface area contributed by atoms with Gasteiger partial charge in [0.2, 0.25) is 11.8 Å². The van der Waals surface area contributed by atoms with Gasteiger partial charge in [-0.3, -0.25) is 19.2 Å². The van der Waals surface area contributed by atoms with Gasteiger partial charge in [0, 0.05) is 57.2 Å². The number of ether oxygens (including phenoxy) is 1. The summed E-state index contributed by atoms with van der Waals surface area (Å²) >= 11 is 0. The molecule has 1 aromatic heterocycles. The number of aliphatic carboxylic acids is 1. The van der Waals surface area contributed by atoms with Crippen molar-refractivity contribution in [2.45, 2.75) is 57.5 Å². The number of hydrogen-bond acceptors (Lipinski definition) is 6. The molecular weight excluding hydrogens is 548 g/mol. The molecule has 3 rings (SSSR count). The number of carbonyl (C=O) groups is 4. The average molecular weight is 593 g/mol. The van der Waals surface area contributed by atoms with Crippen molar-refractivity contribution < 1.29 is 29.0 Å². The summed E-state index contributed by atoms with van der Waals surface area (Å²) in [5.41, 5.74) is 1.85. The van der Waals surface area contributed by atoms with E-state index in [9.17, 15) is 24.3 Å². The van der Waals surface area contributed by atoms with Gasteiger partial charge < -0.3 is 29.9 Å². The van der Waals surface area contributed by atoms with Gasteiger partial charge in [0.1, 0.15) is 24.2 Å². The number of benzene rings is 1. The molecule has 2 atom stereocenters. The maximum absolute atomic E-state index is 13.4. The number of nitrogens with zero attached hydrogens (tertiary/aromatic N) is 2. The number of likely N-dealkylation sites (N-methyl/N-ethyl adjacent to an activating group) is 1. The molecule has 0 saturated heterocycles. The van der Waals surface area contributed by atoms with E-state index in [1.165, 1.54) is 0 Å². The van der Waals surface area contributed by atoms with Crippen LogP contribution in [0.5, 0.6) is 5.75 Å². The number of aryl methyl sites for hydroxylation is 2. The Morgan fingerprint density at radius 2 is 1.86 bits per heavy atom. The highest BCUT2D eigenvalue weighted by Gasteiger charge is 2.27. The molecular formula is C33H44N4O6. The van der Waals surface area contributed by atoms with E-state index in [1.807, 2.05) is 90.6 Å². The van der Waals surface area contributed by atoms with Gasteiger partial charge in [-0.15, -0.1) is 0 Å². The molecule has 10 nitrogen and oxygen atoms in total. The smallest absolute Gasteiger partial charge is 0.304 e. The zero-order valence-electron chi connectivity index (χ0n) is 25.2. The summed E-state index contributed by atoms with van der Waals surface area (Å²) in [5, 5.41) is 15.1. The molecule has 1 unspecified atom stereocenters. The van der Waals surface area contributed by atoms with Crippen LogP contribution in [-0.4, -0.2) is 78.0 Å². The topological polar surface area (TPSA) is 130 Å². The monoisotopic (exact) mass is 592 g/mol. The number of carboxylic acid groups (broad SMARTS) is 1. The van der Waals surface area contributed by atoms with Crippen molar-refractivity contribution in [3.63, 3.8) is 0 Å². The number of Topliss-reactive ketones (excluding diaryl/α,β-unsaturated/α-hetero) is 1. The molecule has 0 fully saturated rings. The molecule has 1 aromatic carbocycles. The number of nitrogens with one attached hydrogen (secondary N) is 2. The third-order valence-electron chi connectivity index (χ3n) is 7.22. The minimum atomic E-state index is -1.07. The van der Waals surface area contributed by atoms with Gasteiger partial charge in [-0.2, -0.15) is 0 Å². The predicted molar refractivity (Wildman–Crippen MR) is 164 cm³/mol. The lowest BCUT2D eigenvalue weighted by molar-refractivity contribution is -0.141. The van der Waals surface area contributed by atoms with Gasteiger partial charge in [-0.1, -0.05) is 36.4 Å². The van der Waals surface area contributed by atoms with Gasteiger partial charge in [0.05, 0.1) is 6.42 Å². The molecule has 43 heavy (non-hydrogen) atoms. The molecule has 3 N–H and O–H groups in total. The van der Waals surface area contributed by atoms with Crippen molar-refractivity contribution in [3.8, 4) is 5.75 Å². The molecule has 2 bridgehead atoms. The van der Waals surface area contributed by atoms with Crippen LogP contribution in [0.2, 0.25) is 0 Å². The van der Waals surface area contributed by atoms with Crippen molar-refractivity contribution in [2.24, 2.45) is 5.92 Å². The largest absolute Gasteiger partial charge is 0.492 e. The lowest BCUT2D eigenvalue weighted by Gasteiger charge is -2.22. The van der Waals surface area contributed by atoms with Crippen molar-refractivity contribution in [1.82, 2.24) is 20.1 Å². The Kier molecular flexibility index (Phi) is 13.7. The molecule has 2 amide bonds. The Bertz CT molecular complexity index is 1270. The lowest BCUT2D eigenvalue weighted by atomic mass is 9.95. The normalized spacial score (nSPS) is 16.2. The second-order valence-electron chi connectivity index (χ2n) is 11.1. The summed E-state index contributed by atoms with van der Waals surface area (Å²) in [7, 11) is 3.98. The molecule has 1 aliphatic heterocycles. The third kappa shape index (κ3) is 12.7. The van der Waals surface area contributed by atoms with E-state index in [0.717, 1.165) is 23.4 Å². The maximum atomic E-state index is 13.4. The number of rotatable bonds is 12. The maximum Gasteiger partial charge on any atom is 0.304 e. The summed E-state index contributed by atoms with van der Waals surface area (Å²) < 4.78 is 7.64. The number of carbonyl (C=O) groups excluding carboxylic acids is 3. The Morgan fingerprint density at radius 3 is 2.60 bits per heavy atom. The Hall–Kier alpha value is -4.18. The number of carboxylic acids is 1. The summed E-state index contributed by atoms with van der Waals surface area (Å²) in [5.74, 6) is -1.93. The van der Waals surface area contributed by atoms with Crippen LogP contribution in [0, 0.1) is 5.92 Å². The van der Waals surface area contributed by atoms with E-state index in [2.05, 4.69) is 10.6 Å². The Morgan fingerprint density at radius 1 is 1.09 bits per heavy atom. The van der Waals surface area contributed by atoms with E-state index in [0.29, 0.717) is 38.8 Å². The van der Waals surface area contributed by atoms with Crippen LogP contribution < -0.4 is 15.4 Å². The molecule has 232 valence electrons. The molecule has 0 spiro atoms. The number of fused-ring (bicyclic) bond motifs is 2. The summed E-state index contributed by atoms with van der Waals surface area (Å²) in [6, 6.07) is 16.2. The van der Waals surface area contributed by atoms with E-state index in [1.54, 1.807) is 0 Å². The highest BCUT2D eigenvalue weighted by molar-refractivity contribution is 5.90. The number of ketones is 1. The molecule has 1 aliphatic rings. The number of hydrogen-bond donors (Lipinski definition) is 3. The molecule has 0 aliphatic carbocycles. The van der Waals surface area contributed by atoms with Gasteiger partial charge >= 0.3 is 5.97 Å². The molecule has 2 heterocycles. The fraction of sp³-hybridized carbons (Fsp3) is 0.455. The standard InChI is InChI=1S/C33H44N4O6/c1-36(2)20-21-43-29-13-11-25(12-14-29)9-7-10-27(23-31(39)40)32(41)35-30-22-26-8-5-3-4-6-18-37(24-26)19-16-28(38)15-17-34-33(30)42/h3-6,8,11-14,18,24,27,30H,7,9-10,15-17,19-23H2,1-2H3,(H,34,42)(H,35,41)(H,39,40)/t27-,30?/m1/s1. The molecule has 2 aromatic rings. The highest BCUT2D eigenvalue weighted by Crippen LogP contribution is 2.18. The van der Waals surface area contributed by atoms with E-state index in [-0.39, 0.29) is 31.6 Å². The molecule has 10 heteroatoms. The van der Waals surface area contributed by atoms with E-state index in [4.69, 9.17) is 4.74 Å². The first-order valence-corrected chi connectivity index (χ1v) is 14.9. The van der Waals surface area contributed by atoms with Crippen LogP contribution in [0.25, 0.3) is 0 Å².